The molecule has 0 radical (unpaired) electrons. The molecule has 1 fully saturated rings. The van der Waals surface area contributed by atoms with Gasteiger partial charge in [-0.3, -0.25) is 19.7 Å². The first-order chi connectivity index (χ1) is 14.7. The van der Waals surface area contributed by atoms with E-state index in [1.165, 1.54) is 6.08 Å². The number of aromatic nitrogens is 1. The third-order valence-electron chi connectivity index (χ3n) is 5.01. The van der Waals surface area contributed by atoms with Crippen LogP contribution in [0.1, 0.15) is 16.7 Å². The predicted octanol–water partition coefficient (Wildman–Crippen LogP) is 2.41. The van der Waals surface area contributed by atoms with Crippen molar-refractivity contribution >= 4 is 46.4 Å². The van der Waals surface area contributed by atoms with Crippen molar-refractivity contribution in [2.75, 3.05) is 4.90 Å². The van der Waals surface area contributed by atoms with E-state index < -0.39 is 23.8 Å². The van der Waals surface area contributed by atoms with Gasteiger partial charge in [0.2, 0.25) is 5.91 Å². The summed E-state index contributed by atoms with van der Waals surface area (Å²) in [6.07, 6.45) is 3.08. The van der Waals surface area contributed by atoms with Gasteiger partial charge in [0.1, 0.15) is 12.1 Å². The van der Waals surface area contributed by atoms with E-state index in [0.717, 1.165) is 26.9 Å². The minimum Gasteiger partial charge on any atom is -0.368 e. The van der Waals surface area contributed by atoms with Crippen LogP contribution < -0.4 is 16.0 Å². The lowest BCUT2D eigenvalue weighted by molar-refractivity contribution is -0.122. The van der Waals surface area contributed by atoms with Crippen molar-refractivity contribution in [2.24, 2.45) is 5.73 Å². The summed E-state index contributed by atoms with van der Waals surface area (Å²) >= 11 is 0. The van der Waals surface area contributed by atoms with Gasteiger partial charge < -0.3 is 10.3 Å². The van der Waals surface area contributed by atoms with E-state index in [4.69, 9.17) is 5.73 Å². The SMILES string of the molecule is Cc1cc(C)cc(N2C(=O)NC(=O)C(=Cc3cn(CC(N)=O)c4ccccc34)C2=O)c1. The minimum atomic E-state index is -0.798. The van der Waals surface area contributed by atoms with Crippen molar-refractivity contribution in [1.82, 2.24) is 9.88 Å². The van der Waals surface area contributed by atoms with Crippen LogP contribution in [-0.2, 0) is 20.9 Å². The monoisotopic (exact) mass is 416 g/mol. The molecule has 1 aromatic heterocycles. The molecular weight excluding hydrogens is 396 g/mol. The first kappa shape index (κ1) is 20.1. The van der Waals surface area contributed by atoms with E-state index in [1.54, 1.807) is 22.9 Å². The third kappa shape index (κ3) is 3.71. The number of rotatable bonds is 4. The fourth-order valence-corrected chi connectivity index (χ4v) is 3.82. The number of carbonyl (C=O) groups is 4. The predicted molar refractivity (Wildman–Crippen MR) is 116 cm³/mol. The number of nitrogens with one attached hydrogen (secondary N) is 1. The zero-order valence-electron chi connectivity index (χ0n) is 17.0. The van der Waals surface area contributed by atoms with E-state index >= 15 is 0 Å². The van der Waals surface area contributed by atoms with Crippen LogP contribution in [0.25, 0.3) is 17.0 Å². The van der Waals surface area contributed by atoms with Crippen LogP contribution in [0.2, 0.25) is 0 Å². The number of nitrogens with zero attached hydrogens (tertiary/aromatic N) is 2. The Bertz CT molecular complexity index is 1280. The largest absolute Gasteiger partial charge is 0.368 e. The van der Waals surface area contributed by atoms with E-state index in [0.29, 0.717) is 11.3 Å². The zero-order valence-corrected chi connectivity index (χ0v) is 17.0. The molecule has 0 atom stereocenters. The van der Waals surface area contributed by atoms with Gasteiger partial charge in [-0.2, -0.15) is 0 Å². The number of urea groups is 1. The Labute approximate surface area is 177 Å². The smallest absolute Gasteiger partial charge is 0.335 e. The number of imide groups is 2. The number of carbonyl (C=O) groups excluding carboxylic acids is 4. The van der Waals surface area contributed by atoms with Crippen molar-refractivity contribution in [3.8, 4) is 0 Å². The number of benzene rings is 2. The number of amides is 5. The molecule has 0 aliphatic carbocycles. The Morgan fingerprint density at radius 1 is 1.06 bits per heavy atom. The number of fused-ring (bicyclic) bond motifs is 1. The molecule has 1 saturated heterocycles. The van der Waals surface area contributed by atoms with Crippen molar-refractivity contribution in [2.45, 2.75) is 20.4 Å². The molecule has 31 heavy (non-hydrogen) atoms. The van der Waals surface area contributed by atoms with E-state index in [2.05, 4.69) is 5.32 Å². The average Bonchev–Trinajstić information content (AvgIpc) is 3.01. The Balaban J connectivity index is 1.82. The van der Waals surface area contributed by atoms with Crippen LogP contribution in [0, 0.1) is 13.8 Å². The van der Waals surface area contributed by atoms with Crippen LogP contribution in [0.5, 0.6) is 0 Å². The first-order valence-corrected chi connectivity index (χ1v) is 9.60. The third-order valence-corrected chi connectivity index (χ3v) is 5.01. The highest BCUT2D eigenvalue weighted by Crippen LogP contribution is 2.27. The molecular formula is C23H20N4O4. The quantitative estimate of drug-likeness (QED) is 0.502. The lowest BCUT2D eigenvalue weighted by Gasteiger charge is -2.26. The Morgan fingerprint density at radius 3 is 2.42 bits per heavy atom. The van der Waals surface area contributed by atoms with Crippen LogP contribution in [0.4, 0.5) is 10.5 Å². The Hall–Kier alpha value is -4.20. The highest BCUT2D eigenvalue weighted by molar-refractivity contribution is 6.39. The van der Waals surface area contributed by atoms with Gasteiger partial charge in [0.05, 0.1) is 5.69 Å². The summed E-state index contributed by atoms with van der Waals surface area (Å²) in [5, 5.41) is 2.97. The maximum atomic E-state index is 13.2. The molecule has 2 heterocycles. The second-order valence-electron chi connectivity index (χ2n) is 7.50. The molecule has 0 bridgehead atoms. The molecule has 5 amide bonds. The normalized spacial score (nSPS) is 15.6. The van der Waals surface area contributed by atoms with E-state index in [1.807, 2.05) is 44.2 Å². The highest BCUT2D eigenvalue weighted by atomic mass is 16.2. The van der Waals surface area contributed by atoms with Crippen molar-refractivity contribution < 1.29 is 19.2 Å². The van der Waals surface area contributed by atoms with Gasteiger partial charge in [-0.15, -0.1) is 0 Å². The second kappa shape index (κ2) is 7.56. The molecule has 0 unspecified atom stereocenters. The number of anilines is 1. The summed E-state index contributed by atoms with van der Waals surface area (Å²) in [6.45, 7) is 3.67. The van der Waals surface area contributed by atoms with Crippen LogP contribution in [0.15, 0.2) is 54.2 Å². The zero-order chi connectivity index (χ0) is 22.3. The lowest BCUT2D eigenvalue weighted by atomic mass is 10.0. The van der Waals surface area contributed by atoms with Gasteiger partial charge in [0.15, 0.2) is 0 Å². The molecule has 8 nitrogen and oxygen atoms in total. The molecule has 3 N–H and O–H groups in total. The van der Waals surface area contributed by atoms with Crippen molar-refractivity contribution in [3.05, 3.63) is 70.9 Å². The van der Waals surface area contributed by atoms with Crippen molar-refractivity contribution in [3.63, 3.8) is 0 Å². The topological polar surface area (TPSA) is 114 Å². The summed E-state index contributed by atoms with van der Waals surface area (Å²) in [5.74, 6) is -2.01. The van der Waals surface area contributed by atoms with Gasteiger partial charge in [0.25, 0.3) is 11.8 Å². The maximum Gasteiger partial charge on any atom is 0.335 e. The molecule has 4 rings (SSSR count). The van der Waals surface area contributed by atoms with Crippen LogP contribution >= 0.6 is 0 Å². The minimum absolute atomic E-state index is 0.0446. The summed E-state index contributed by atoms with van der Waals surface area (Å²) in [5.41, 5.74) is 8.60. The molecule has 3 aromatic rings. The number of primary amides is 1. The molecule has 1 aliphatic heterocycles. The van der Waals surface area contributed by atoms with E-state index in [9.17, 15) is 19.2 Å². The molecule has 0 saturated carbocycles. The summed E-state index contributed by atoms with van der Waals surface area (Å²) < 4.78 is 1.65. The molecule has 0 spiro atoms. The number of para-hydroxylation sites is 1. The number of hydrogen-bond donors (Lipinski definition) is 2. The van der Waals surface area contributed by atoms with Crippen molar-refractivity contribution in [1.29, 1.82) is 0 Å². The molecule has 1 aliphatic rings. The number of aryl methyl sites for hydroxylation is 2. The lowest BCUT2D eigenvalue weighted by Crippen LogP contribution is -2.54. The average molecular weight is 416 g/mol. The molecule has 8 heteroatoms. The van der Waals surface area contributed by atoms with Gasteiger partial charge in [-0.25, -0.2) is 9.69 Å². The molecule has 156 valence electrons. The van der Waals surface area contributed by atoms with E-state index in [-0.39, 0.29) is 12.1 Å². The second-order valence-corrected chi connectivity index (χ2v) is 7.50. The number of hydrogen-bond acceptors (Lipinski definition) is 4. The highest BCUT2D eigenvalue weighted by Gasteiger charge is 2.37. The number of barbiturate groups is 1. The standard InChI is InChI=1S/C23H20N4O4/c1-13-7-14(2)9-16(8-13)27-22(30)18(21(29)25-23(27)31)10-15-11-26(12-20(24)28)19-6-4-3-5-17(15)19/h3-11H,12H2,1-2H3,(H2,24,28)(H,25,29,31). The van der Waals surface area contributed by atoms with Crippen LogP contribution in [-0.4, -0.2) is 28.3 Å². The fourth-order valence-electron chi connectivity index (χ4n) is 3.82. The van der Waals surface area contributed by atoms with Crippen LogP contribution in [0.3, 0.4) is 0 Å². The first-order valence-electron chi connectivity index (χ1n) is 9.60. The van der Waals surface area contributed by atoms with Gasteiger partial charge >= 0.3 is 6.03 Å². The van der Waals surface area contributed by atoms with Gasteiger partial charge in [-0.1, -0.05) is 24.3 Å². The van der Waals surface area contributed by atoms with Gasteiger partial charge in [0, 0.05) is 22.7 Å². The Kier molecular flexibility index (Phi) is 4.90. The molecule has 2 aromatic carbocycles. The summed E-state index contributed by atoms with van der Waals surface area (Å²) in [6, 6.07) is 11.8. The maximum absolute atomic E-state index is 13.2. The van der Waals surface area contributed by atoms with Gasteiger partial charge in [-0.05, 0) is 49.2 Å². The summed E-state index contributed by atoms with van der Waals surface area (Å²) in [7, 11) is 0. The Morgan fingerprint density at radius 2 is 1.74 bits per heavy atom. The summed E-state index contributed by atoms with van der Waals surface area (Å²) in [4.78, 5) is 50.6. The number of nitrogens with two attached hydrogens (primary N) is 1. The fraction of sp³-hybridized carbons (Fsp3) is 0.130.